The predicted molar refractivity (Wildman–Crippen MR) is 66.8 cm³/mol. The van der Waals surface area contributed by atoms with E-state index in [9.17, 15) is 24.0 Å². The van der Waals surface area contributed by atoms with E-state index in [1.165, 1.54) is 0 Å². The third kappa shape index (κ3) is 2.60. The summed E-state index contributed by atoms with van der Waals surface area (Å²) in [6.07, 6.45) is 0. The van der Waals surface area contributed by atoms with E-state index < -0.39 is 57.6 Å². The molecule has 10 N–H and O–H groups in total. The van der Waals surface area contributed by atoms with Crippen molar-refractivity contribution in [3.63, 3.8) is 0 Å². The molecular formula is C10H10N6O5. The maximum atomic E-state index is 11.5. The lowest BCUT2D eigenvalue weighted by Crippen LogP contribution is -2.34. The molecule has 11 nitrogen and oxygen atoms in total. The molecule has 0 bridgehead atoms. The molecule has 0 spiro atoms. The van der Waals surface area contributed by atoms with Gasteiger partial charge in [0.1, 0.15) is 11.4 Å². The minimum atomic E-state index is -1.34. The first-order chi connectivity index (χ1) is 9.59. The van der Waals surface area contributed by atoms with E-state index in [0.717, 1.165) is 0 Å². The van der Waals surface area contributed by atoms with Crippen molar-refractivity contribution in [1.82, 2.24) is 4.98 Å². The van der Waals surface area contributed by atoms with Crippen LogP contribution in [0.3, 0.4) is 0 Å². The third-order valence-electron chi connectivity index (χ3n) is 2.40. The Labute approximate surface area is 116 Å². The van der Waals surface area contributed by atoms with Crippen molar-refractivity contribution in [2.75, 3.05) is 0 Å². The van der Waals surface area contributed by atoms with Gasteiger partial charge in [-0.05, 0) is 0 Å². The molecule has 0 aliphatic carbocycles. The molecule has 0 saturated carbocycles. The molecule has 0 radical (unpaired) electrons. The summed E-state index contributed by atoms with van der Waals surface area (Å²) in [6, 6.07) is 0. The number of amides is 5. The second-order valence-electron chi connectivity index (χ2n) is 3.76. The highest BCUT2D eigenvalue weighted by atomic mass is 16.2. The smallest absolute Gasteiger partial charge is 0.268 e. The number of pyridine rings is 1. The average molecular weight is 294 g/mol. The van der Waals surface area contributed by atoms with Crippen molar-refractivity contribution in [1.29, 1.82) is 0 Å². The average Bonchev–Trinajstić information content (AvgIpc) is 2.34. The molecule has 0 aliphatic rings. The second-order valence-corrected chi connectivity index (χ2v) is 3.76. The van der Waals surface area contributed by atoms with E-state index in [-0.39, 0.29) is 0 Å². The number of nitrogens with zero attached hydrogens (tertiary/aromatic N) is 1. The van der Waals surface area contributed by atoms with E-state index in [2.05, 4.69) is 4.98 Å². The van der Waals surface area contributed by atoms with Crippen molar-refractivity contribution in [3.8, 4) is 0 Å². The molecule has 1 aromatic heterocycles. The summed E-state index contributed by atoms with van der Waals surface area (Å²) in [5.74, 6) is -6.55. The van der Waals surface area contributed by atoms with Crippen molar-refractivity contribution < 1.29 is 24.0 Å². The van der Waals surface area contributed by atoms with E-state index in [0.29, 0.717) is 0 Å². The number of primary amides is 5. The Kier molecular flexibility index (Phi) is 3.88. The van der Waals surface area contributed by atoms with Gasteiger partial charge >= 0.3 is 0 Å². The van der Waals surface area contributed by atoms with Gasteiger partial charge in [0.05, 0.1) is 16.7 Å². The Balaban J connectivity index is 4.13. The minimum Gasteiger partial charge on any atom is -0.366 e. The van der Waals surface area contributed by atoms with Crippen molar-refractivity contribution in [3.05, 3.63) is 28.1 Å². The lowest BCUT2D eigenvalue weighted by Gasteiger charge is -2.13. The van der Waals surface area contributed by atoms with Crippen LogP contribution in [0.25, 0.3) is 0 Å². The fourth-order valence-electron chi connectivity index (χ4n) is 1.67. The number of hydrogen-bond acceptors (Lipinski definition) is 6. The fraction of sp³-hybridized carbons (Fsp3) is 0. The van der Waals surface area contributed by atoms with Crippen LogP contribution in [-0.4, -0.2) is 34.5 Å². The van der Waals surface area contributed by atoms with E-state index in [1.807, 2.05) is 0 Å². The van der Waals surface area contributed by atoms with Gasteiger partial charge < -0.3 is 28.7 Å². The zero-order valence-corrected chi connectivity index (χ0v) is 10.4. The zero-order chi connectivity index (χ0) is 16.5. The van der Waals surface area contributed by atoms with Crippen LogP contribution in [0, 0.1) is 0 Å². The third-order valence-corrected chi connectivity index (χ3v) is 2.40. The van der Waals surface area contributed by atoms with E-state index in [4.69, 9.17) is 28.7 Å². The molecular weight excluding hydrogens is 284 g/mol. The van der Waals surface area contributed by atoms with Crippen LogP contribution in [0.1, 0.15) is 52.1 Å². The summed E-state index contributed by atoms with van der Waals surface area (Å²) in [5, 5.41) is 0. The summed E-state index contributed by atoms with van der Waals surface area (Å²) in [4.78, 5) is 60.3. The molecule has 0 atom stereocenters. The Morgan fingerprint density at radius 3 is 1.00 bits per heavy atom. The predicted octanol–water partition coefficient (Wildman–Crippen LogP) is -3.42. The van der Waals surface area contributed by atoms with Crippen molar-refractivity contribution in [2.45, 2.75) is 0 Å². The summed E-state index contributed by atoms with van der Waals surface area (Å²) < 4.78 is 0. The standard InChI is InChI=1S/C10H10N6O5/c11-6(17)1-2(7(12)18)4(9(14)20)16-5(10(15)21)3(1)8(13)19/h(H2,11,17)(H2,12,18)(H2,13,19)(H2,14,20)(H2,15,21). The molecule has 0 aliphatic heterocycles. The summed E-state index contributed by atoms with van der Waals surface area (Å²) in [6.45, 7) is 0. The second kappa shape index (κ2) is 5.24. The summed E-state index contributed by atoms with van der Waals surface area (Å²) >= 11 is 0. The highest BCUT2D eigenvalue weighted by Gasteiger charge is 2.32. The Hall–Kier alpha value is -3.50. The topological polar surface area (TPSA) is 228 Å². The number of nitrogens with two attached hydrogens (primary N) is 5. The molecule has 0 unspecified atom stereocenters. The molecule has 21 heavy (non-hydrogen) atoms. The normalized spacial score (nSPS) is 9.90. The van der Waals surface area contributed by atoms with Crippen molar-refractivity contribution in [2.24, 2.45) is 28.7 Å². The number of aromatic nitrogens is 1. The van der Waals surface area contributed by atoms with Gasteiger partial charge in [-0.25, -0.2) is 4.98 Å². The minimum absolute atomic E-state index is 0.811. The first-order valence-corrected chi connectivity index (χ1v) is 5.16. The highest BCUT2D eigenvalue weighted by Crippen LogP contribution is 2.20. The SMILES string of the molecule is NC(=O)c1nc(C(N)=O)c(C(N)=O)c(C(N)=O)c1C(N)=O. The number of carbonyl (C=O) groups excluding carboxylic acids is 5. The summed E-state index contributed by atoms with van der Waals surface area (Å²) in [5.41, 5.74) is 21.0. The maximum Gasteiger partial charge on any atom is 0.268 e. The molecule has 1 rings (SSSR count). The lowest BCUT2D eigenvalue weighted by atomic mass is 9.95. The molecule has 5 amide bonds. The van der Waals surface area contributed by atoms with Crippen LogP contribution in [0.5, 0.6) is 0 Å². The molecule has 0 fully saturated rings. The molecule has 1 aromatic rings. The van der Waals surface area contributed by atoms with E-state index >= 15 is 0 Å². The van der Waals surface area contributed by atoms with Gasteiger partial charge in [-0.2, -0.15) is 0 Å². The Bertz CT molecular complexity index is 660. The zero-order valence-electron chi connectivity index (χ0n) is 10.4. The molecule has 11 heteroatoms. The van der Waals surface area contributed by atoms with E-state index in [1.54, 1.807) is 0 Å². The van der Waals surface area contributed by atoms with Gasteiger partial charge in [0, 0.05) is 0 Å². The van der Waals surface area contributed by atoms with Crippen LogP contribution < -0.4 is 28.7 Å². The van der Waals surface area contributed by atoms with Gasteiger partial charge in [0.15, 0.2) is 0 Å². The van der Waals surface area contributed by atoms with Gasteiger partial charge in [-0.1, -0.05) is 0 Å². The molecule has 0 saturated heterocycles. The van der Waals surface area contributed by atoms with Crippen LogP contribution in [0.15, 0.2) is 0 Å². The molecule has 1 heterocycles. The van der Waals surface area contributed by atoms with Gasteiger partial charge in [-0.3, -0.25) is 24.0 Å². The fourth-order valence-corrected chi connectivity index (χ4v) is 1.67. The first-order valence-electron chi connectivity index (χ1n) is 5.16. The maximum absolute atomic E-state index is 11.5. The van der Waals surface area contributed by atoms with Crippen LogP contribution >= 0.6 is 0 Å². The van der Waals surface area contributed by atoms with Gasteiger partial charge in [0.25, 0.3) is 23.6 Å². The Morgan fingerprint density at radius 1 is 0.524 bits per heavy atom. The largest absolute Gasteiger partial charge is 0.366 e. The van der Waals surface area contributed by atoms with Crippen LogP contribution in [0.2, 0.25) is 0 Å². The quantitative estimate of drug-likeness (QED) is 0.370. The van der Waals surface area contributed by atoms with Gasteiger partial charge in [-0.15, -0.1) is 0 Å². The van der Waals surface area contributed by atoms with Crippen molar-refractivity contribution >= 4 is 29.5 Å². The molecule has 110 valence electrons. The van der Waals surface area contributed by atoms with Crippen LogP contribution in [-0.2, 0) is 0 Å². The highest BCUT2D eigenvalue weighted by molar-refractivity contribution is 6.19. The first kappa shape index (κ1) is 15.6. The van der Waals surface area contributed by atoms with Crippen LogP contribution in [0.4, 0.5) is 0 Å². The number of rotatable bonds is 5. The number of hydrogen-bond donors (Lipinski definition) is 5. The summed E-state index contributed by atoms with van der Waals surface area (Å²) in [7, 11) is 0. The molecule has 0 aromatic carbocycles. The number of carbonyl (C=O) groups is 5. The Morgan fingerprint density at radius 2 is 0.810 bits per heavy atom. The van der Waals surface area contributed by atoms with Gasteiger partial charge in [0.2, 0.25) is 5.91 Å². The lowest BCUT2D eigenvalue weighted by molar-refractivity contribution is 0.0932. The monoisotopic (exact) mass is 294 g/mol.